The molecule has 0 aromatic heterocycles. The molecule has 0 radical (unpaired) electrons. The normalized spacial score (nSPS) is 19.9. The second-order valence-electron chi connectivity index (χ2n) is 5.13. The number of hydrogen-bond donors (Lipinski definition) is 0. The fourth-order valence-electron chi connectivity index (χ4n) is 2.33. The number of urea groups is 1. The number of imide groups is 1. The zero-order valence-electron chi connectivity index (χ0n) is 12.9. The minimum absolute atomic E-state index is 0.0854. The molecule has 3 amide bonds. The number of benzene rings is 1. The molecule has 1 unspecified atom stereocenters. The van der Waals surface area contributed by atoms with E-state index < -0.39 is 30.1 Å². The van der Waals surface area contributed by atoms with Crippen molar-refractivity contribution in [2.45, 2.75) is 13.0 Å². The third kappa shape index (κ3) is 3.26. The number of nitriles is 1. The molecule has 1 heterocycles. The lowest BCUT2D eigenvalue weighted by Crippen LogP contribution is -2.59. The van der Waals surface area contributed by atoms with Crippen LogP contribution in [0.1, 0.15) is 12.0 Å². The quantitative estimate of drug-likeness (QED) is 0.781. The molecular weight excluding hydrogens is 296 g/mol. The first-order valence-corrected chi connectivity index (χ1v) is 7.00. The summed E-state index contributed by atoms with van der Waals surface area (Å²) in [7, 11) is 2.77. The Morgan fingerprint density at radius 1 is 1.22 bits per heavy atom. The number of amides is 3. The lowest BCUT2D eigenvalue weighted by atomic mass is 9.96. The monoisotopic (exact) mass is 312 g/mol. The van der Waals surface area contributed by atoms with Crippen molar-refractivity contribution in [2.24, 2.45) is 10.9 Å². The number of nitrogens with zero attached hydrogens (tertiary/aromatic N) is 4. The third-order valence-electron chi connectivity index (χ3n) is 3.59. The Morgan fingerprint density at radius 3 is 2.48 bits per heavy atom. The third-order valence-corrected chi connectivity index (χ3v) is 3.59. The Morgan fingerprint density at radius 2 is 1.87 bits per heavy atom. The predicted molar refractivity (Wildman–Crippen MR) is 82.2 cm³/mol. The Balaban J connectivity index is 2.37. The van der Waals surface area contributed by atoms with E-state index in [-0.39, 0.29) is 12.4 Å². The number of rotatable bonds is 4. The summed E-state index contributed by atoms with van der Waals surface area (Å²) in [6.45, 7) is 0.237. The maximum atomic E-state index is 12.3. The van der Waals surface area contributed by atoms with Gasteiger partial charge in [0.1, 0.15) is 5.84 Å². The van der Waals surface area contributed by atoms with Gasteiger partial charge in [-0.1, -0.05) is 30.3 Å². The predicted octanol–water partition coefficient (Wildman–Crippen LogP) is 1.21. The highest BCUT2D eigenvalue weighted by atomic mass is 16.2. The summed E-state index contributed by atoms with van der Waals surface area (Å²) in [6.07, 6.45) is -0.406. The van der Waals surface area contributed by atoms with Crippen molar-refractivity contribution < 1.29 is 14.4 Å². The second kappa shape index (κ2) is 6.83. The van der Waals surface area contributed by atoms with Crippen molar-refractivity contribution in [1.29, 1.82) is 5.26 Å². The van der Waals surface area contributed by atoms with Crippen LogP contribution in [0, 0.1) is 17.2 Å². The van der Waals surface area contributed by atoms with Crippen LogP contribution < -0.4 is 0 Å². The lowest BCUT2D eigenvalue weighted by molar-refractivity contribution is -0.136. The largest absolute Gasteiger partial charge is 0.331 e. The highest BCUT2D eigenvalue weighted by molar-refractivity contribution is 6.27. The summed E-state index contributed by atoms with van der Waals surface area (Å²) in [4.78, 5) is 42.8. The van der Waals surface area contributed by atoms with E-state index in [0.717, 1.165) is 10.5 Å². The molecule has 1 fully saturated rings. The van der Waals surface area contributed by atoms with Crippen LogP contribution in [0.5, 0.6) is 0 Å². The van der Waals surface area contributed by atoms with Gasteiger partial charge in [-0.25, -0.2) is 4.79 Å². The van der Waals surface area contributed by atoms with E-state index in [9.17, 15) is 14.4 Å². The van der Waals surface area contributed by atoms with Crippen molar-refractivity contribution >= 4 is 23.6 Å². The van der Waals surface area contributed by atoms with Crippen LogP contribution in [0.2, 0.25) is 0 Å². The van der Waals surface area contributed by atoms with Crippen LogP contribution in [0.15, 0.2) is 35.3 Å². The van der Waals surface area contributed by atoms with E-state index in [0.29, 0.717) is 0 Å². The lowest BCUT2D eigenvalue weighted by Gasteiger charge is -2.34. The van der Waals surface area contributed by atoms with Gasteiger partial charge in [0.25, 0.3) is 0 Å². The van der Waals surface area contributed by atoms with Crippen molar-refractivity contribution in [3.8, 4) is 6.07 Å². The highest BCUT2D eigenvalue weighted by Crippen LogP contribution is 2.19. The molecule has 1 aromatic carbocycles. The van der Waals surface area contributed by atoms with E-state index in [2.05, 4.69) is 4.99 Å². The van der Waals surface area contributed by atoms with E-state index in [4.69, 9.17) is 5.26 Å². The average molecular weight is 312 g/mol. The molecule has 1 aliphatic rings. The van der Waals surface area contributed by atoms with Gasteiger partial charge in [-0.05, 0) is 5.56 Å². The molecule has 0 bridgehead atoms. The zero-order chi connectivity index (χ0) is 17.0. The van der Waals surface area contributed by atoms with Crippen LogP contribution in [-0.4, -0.2) is 47.5 Å². The average Bonchev–Trinajstić information content (AvgIpc) is 2.56. The molecule has 7 heteroatoms. The summed E-state index contributed by atoms with van der Waals surface area (Å²) in [6, 6.07) is 10.5. The fraction of sp³-hybridized carbons (Fsp3) is 0.312. The number of carbonyl (C=O) groups is 3. The Bertz CT molecular complexity index is 706. The molecule has 7 nitrogen and oxygen atoms in total. The van der Waals surface area contributed by atoms with Gasteiger partial charge in [0, 0.05) is 14.1 Å². The first-order chi connectivity index (χ1) is 11.0. The van der Waals surface area contributed by atoms with Crippen molar-refractivity contribution in [2.75, 3.05) is 14.1 Å². The van der Waals surface area contributed by atoms with Gasteiger partial charge >= 0.3 is 6.03 Å². The Labute approximate surface area is 133 Å². The smallest absolute Gasteiger partial charge is 0.297 e. The SMILES string of the molecule is CN1C(=O)C(C(=O)CC#N)C(=NCc2ccccc2)N(C)C1=O. The van der Waals surface area contributed by atoms with E-state index in [1.54, 1.807) is 6.07 Å². The molecule has 1 aliphatic heterocycles. The molecule has 0 saturated carbocycles. The molecule has 0 N–H and O–H groups in total. The number of aliphatic imine (C=N–C) groups is 1. The van der Waals surface area contributed by atoms with Gasteiger partial charge in [0.15, 0.2) is 11.7 Å². The minimum Gasteiger partial charge on any atom is -0.297 e. The molecule has 0 aliphatic carbocycles. The van der Waals surface area contributed by atoms with E-state index in [1.165, 1.54) is 19.0 Å². The topological polar surface area (TPSA) is 93.8 Å². The summed E-state index contributed by atoms with van der Waals surface area (Å²) >= 11 is 0. The molecule has 2 rings (SSSR count). The Kier molecular flexibility index (Phi) is 4.86. The fourth-order valence-corrected chi connectivity index (χ4v) is 2.33. The number of ketones is 1. The molecule has 0 spiro atoms. The molecule has 23 heavy (non-hydrogen) atoms. The van der Waals surface area contributed by atoms with Crippen molar-refractivity contribution in [3.63, 3.8) is 0 Å². The molecule has 118 valence electrons. The van der Waals surface area contributed by atoms with Gasteiger partial charge in [0.05, 0.1) is 19.0 Å². The Hall–Kier alpha value is -3.01. The minimum atomic E-state index is -1.22. The van der Waals surface area contributed by atoms with Gasteiger partial charge in [-0.3, -0.25) is 24.4 Å². The van der Waals surface area contributed by atoms with Crippen LogP contribution >= 0.6 is 0 Å². The standard InChI is InChI=1S/C16H16N4O3/c1-19-14(18-10-11-6-4-3-5-7-11)13(12(21)8-9-17)15(22)20(2)16(19)23/h3-7,13H,8,10H2,1-2H3. The summed E-state index contributed by atoms with van der Waals surface area (Å²) < 4.78 is 0. The van der Waals surface area contributed by atoms with E-state index >= 15 is 0 Å². The van der Waals surface area contributed by atoms with Gasteiger partial charge in [-0.2, -0.15) is 5.26 Å². The summed E-state index contributed by atoms with van der Waals surface area (Å²) in [5, 5.41) is 8.72. The van der Waals surface area contributed by atoms with Crippen molar-refractivity contribution in [3.05, 3.63) is 35.9 Å². The number of Topliss-reactive ketones (excluding diaryl/α,β-unsaturated/α-hetero) is 1. The first kappa shape index (κ1) is 16.4. The van der Waals surface area contributed by atoms with Crippen LogP contribution in [0.25, 0.3) is 0 Å². The van der Waals surface area contributed by atoms with Crippen molar-refractivity contribution in [1.82, 2.24) is 9.80 Å². The maximum Gasteiger partial charge on any atom is 0.331 e. The van der Waals surface area contributed by atoms with Crippen LogP contribution in [-0.2, 0) is 16.1 Å². The van der Waals surface area contributed by atoms with Crippen LogP contribution in [0.4, 0.5) is 4.79 Å². The van der Waals surface area contributed by atoms with Gasteiger partial charge in [-0.15, -0.1) is 0 Å². The second-order valence-corrected chi connectivity index (χ2v) is 5.13. The van der Waals surface area contributed by atoms with E-state index in [1.807, 2.05) is 30.3 Å². The maximum absolute atomic E-state index is 12.3. The van der Waals surface area contributed by atoms with Gasteiger partial charge in [0.2, 0.25) is 5.91 Å². The summed E-state index contributed by atoms with van der Waals surface area (Å²) in [5.74, 6) is -2.34. The number of amidine groups is 1. The number of hydrogen-bond acceptors (Lipinski definition) is 5. The number of carbonyl (C=O) groups excluding carboxylic acids is 3. The molecule has 1 atom stereocenters. The molecular formula is C16H16N4O3. The highest BCUT2D eigenvalue weighted by Gasteiger charge is 2.44. The summed E-state index contributed by atoms with van der Waals surface area (Å²) in [5.41, 5.74) is 0.888. The van der Waals surface area contributed by atoms with Gasteiger partial charge < -0.3 is 0 Å². The first-order valence-electron chi connectivity index (χ1n) is 7.00. The van der Waals surface area contributed by atoms with Crippen LogP contribution in [0.3, 0.4) is 0 Å². The molecule has 1 aromatic rings. The zero-order valence-corrected chi connectivity index (χ0v) is 12.9. The molecule has 1 saturated heterocycles.